The van der Waals surface area contributed by atoms with Gasteiger partial charge in [-0.2, -0.15) is 13.2 Å². The Morgan fingerprint density at radius 3 is 2.23 bits per heavy atom. The molecule has 0 saturated carbocycles. The van der Waals surface area contributed by atoms with E-state index in [0.717, 1.165) is 7.11 Å². The Hall–Kier alpha value is -3.83. The summed E-state index contributed by atoms with van der Waals surface area (Å²) in [7, 11) is 0.886. The third-order valence-electron chi connectivity index (χ3n) is 4.12. The number of carbonyl (C=O) groups is 2. The van der Waals surface area contributed by atoms with Gasteiger partial charge in [-0.05, 0) is 31.0 Å². The molecule has 0 bridgehead atoms. The highest BCUT2D eigenvalue weighted by Gasteiger charge is 2.43. The second kappa shape index (κ2) is 8.27. The lowest BCUT2D eigenvalue weighted by atomic mass is 10.0. The Kier molecular flexibility index (Phi) is 6.19. The Labute approximate surface area is 167 Å². The number of urea groups is 1. The van der Waals surface area contributed by atoms with Gasteiger partial charge in [0.1, 0.15) is 5.56 Å². The molecule has 0 atom stereocenters. The number of aryl methyl sites for hydroxylation is 2. The Bertz CT molecular complexity index is 1020. The van der Waals surface area contributed by atoms with Crippen LogP contribution in [0.1, 0.15) is 27.0 Å². The van der Waals surface area contributed by atoms with Gasteiger partial charge in [0, 0.05) is 5.69 Å². The van der Waals surface area contributed by atoms with Crippen LogP contribution in [-0.2, 0) is 6.18 Å². The van der Waals surface area contributed by atoms with Crippen LogP contribution in [0.15, 0.2) is 24.3 Å². The predicted molar refractivity (Wildman–Crippen MR) is 98.7 cm³/mol. The monoisotopic (exact) mass is 427 g/mol. The first-order chi connectivity index (χ1) is 13.9. The largest absolute Gasteiger partial charge is 0.499 e. The van der Waals surface area contributed by atoms with Crippen LogP contribution in [0, 0.1) is 24.0 Å². The lowest BCUT2D eigenvalue weighted by Crippen LogP contribution is -2.36. The predicted octanol–water partition coefficient (Wildman–Crippen LogP) is 3.91. The molecule has 9 nitrogen and oxygen atoms in total. The molecule has 0 saturated heterocycles. The van der Waals surface area contributed by atoms with Crippen LogP contribution in [0.25, 0.3) is 0 Å². The van der Waals surface area contributed by atoms with E-state index in [1.807, 2.05) is 0 Å². The molecule has 0 aliphatic carbocycles. The van der Waals surface area contributed by atoms with Gasteiger partial charge in [-0.15, -0.1) is 0 Å². The number of alkyl halides is 3. The van der Waals surface area contributed by atoms with E-state index in [1.165, 1.54) is 0 Å². The van der Waals surface area contributed by atoms with Crippen molar-refractivity contribution in [2.24, 2.45) is 0 Å². The summed E-state index contributed by atoms with van der Waals surface area (Å²) in [5.74, 6) is -3.86. The molecular formula is C18H16F3N3O6. The second-order valence-electron chi connectivity index (χ2n) is 6.13. The average molecular weight is 427 g/mol. The molecule has 3 amide bonds. The molecule has 0 spiro atoms. The number of aromatic hydroxyl groups is 1. The van der Waals surface area contributed by atoms with Crippen molar-refractivity contribution in [3.63, 3.8) is 0 Å². The maximum Gasteiger partial charge on any atom is 0.417 e. The SMILES string of the molecule is COc1cc(C(F)(F)F)c(C(=O)NC(=O)Nc2c(C)cccc2C)c([N+](=O)[O-])c1O. The maximum atomic E-state index is 13.4. The van der Waals surface area contributed by atoms with Gasteiger partial charge in [0.25, 0.3) is 5.91 Å². The number of hydrogen-bond acceptors (Lipinski definition) is 6. The number of imide groups is 1. The fraction of sp³-hybridized carbons (Fsp3) is 0.222. The first-order valence-corrected chi connectivity index (χ1v) is 8.22. The van der Waals surface area contributed by atoms with E-state index in [-0.39, 0.29) is 6.07 Å². The number of nitro benzene ring substituents is 1. The van der Waals surface area contributed by atoms with E-state index >= 15 is 0 Å². The quantitative estimate of drug-likeness (QED) is 0.501. The van der Waals surface area contributed by atoms with E-state index < -0.39 is 51.4 Å². The van der Waals surface area contributed by atoms with Gasteiger partial charge in [0.15, 0.2) is 5.75 Å². The summed E-state index contributed by atoms with van der Waals surface area (Å²) in [4.78, 5) is 34.5. The highest BCUT2D eigenvalue weighted by atomic mass is 19.4. The summed E-state index contributed by atoms with van der Waals surface area (Å²) in [5, 5.41) is 25.1. The van der Waals surface area contributed by atoms with Crippen LogP contribution in [-0.4, -0.2) is 29.1 Å². The van der Waals surface area contributed by atoms with E-state index in [0.29, 0.717) is 16.8 Å². The van der Waals surface area contributed by atoms with Gasteiger partial charge in [-0.1, -0.05) is 18.2 Å². The summed E-state index contributed by atoms with van der Waals surface area (Å²) in [6.45, 7) is 3.30. The smallest absolute Gasteiger partial charge is 0.417 e. The van der Waals surface area contributed by atoms with E-state index in [4.69, 9.17) is 0 Å². The molecule has 12 heteroatoms. The minimum Gasteiger partial charge on any atom is -0.499 e. The molecule has 2 rings (SSSR count). The van der Waals surface area contributed by atoms with Gasteiger partial charge >= 0.3 is 17.9 Å². The topological polar surface area (TPSA) is 131 Å². The maximum absolute atomic E-state index is 13.4. The summed E-state index contributed by atoms with van der Waals surface area (Å²) in [6.07, 6.45) is -5.22. The number of benzene rings is 2. The Balaban J connectivity index is 2.51. The molecule has 0 aliphatic rings. The number of phenols is 1. The van der Waals surface area contributed by atoms with Crippen molar-refractivity contribution in [1.29, 1.82) is 0 Å². The number of rotatable bonds is 4. The zero-order valence-corrected chi connectivity index (χ0v) is 15.9. The van der Waals surface area contributed by atoms with E-state index in [9.17, 15) is 38.0 Å². The molecule has 2 aromatic rings. The van der Waals surface area contributed by atoms with Crippen molar-refractivity contribution < 1.29 is 37.5 Å². The molecule has 2 aromatic carbocycles. The zero-order chi connectivity index (χ0) is 22.8. The number of hydrogen-bond donors (Lipinski definition) is 3. The molecule has 0 heterocycles. The number of nitrogens with one attached hydrogen (secondary N) is 2. The molecule has 0 aliphatic heterocycles. The number of methoxy groups -OCH3 is 1. The van der Waals surface area contributed by atoms with E-state index in [1.54, 1.807) is 37.4 Å². The number of nitro groups is 1. The number of amides is 3. The van der Waals surface area contributed by atoms with Crippen molar-refractivity contribution in [3.8, 4) is 11.5 Å². The molecule has 0 fully saturated rings. The van der Waals surface area contributed by atoms with Crippen LogP contribution in [0.2, 0.25) is 0 Å². The van der Waals surface area contributed by atoms with Gasteiger partial charge in [0.2, 0.25) is 5.75 Å². The van der Waals surface area contributed by atoms with Crippen molar-refractivity contribution in [1.82, 2.24) is 5.32 Å². The first-order valence-electron chi connectivity index (χ1n) is 8.22. The van der Waals surface area contributed by atoms with Crippen molar-refractivity contribution in [2.45, 2.75) is 20.0 Å². The third-order valence-corrected chi connectivity index (χ3v) is 4.12. The minimum atomic E-state index is -5.22. The highest BCUT2D eigenvalue weighted by Crippen LogP contribution is 2.45. The second-order valence-corrected chi connectivity index (χ2v) is 6.13. The molecule has 0 radical (unpaired) electrons. The lowest BCUT2D eigenvalue weighted by molar-refractivity contribution is -0.386. The minimum absolute atomic E-state index is 0.237. The zero-order valence-electron chi connectivity index (χ0n) is 15.9. The molecule has 0 aromatic heterocycles. The summed E-state index contributed by atoms with van der Waals surface area (Å²) in [5.41, 5.74) is -3.28. The Morgan fingerprint density at radius 2 is 1.77 bits per heavy atom. The summed E-state index contributed by atoms with van der Waals surface area (Å²) < 4.78 is 44.9. The van der Waals surface area contributed by atoms with Crippen LogP contribution in [0.3, 0.4) is 0 Å². The molecular weight excluding hydrogens is 411 g/mol. The van der Waals surface area contributed by atoms with Crippen LogP contribution in [0.4, 0.5) is 29.3 Å². The van der Waals surface area contributed by atoms with Crippen molar-refractivity contribution in [3.05, 3.63) is 56.6 Å². The van der Waals surface area contributed by atoms with Gasteiger partial charge in [-0.3, -0.25) is 20.2 Å². The van der Waals surface area contributed by atoms with Crippen LogP contribution in [0.5, 0.6) is 11.5 Å². The Morgan fingerprint density at radius 1 is 1.20 bits per heavy atom. The number of para-hydroxylation sites is 1. The highest BCUT2D eigenvalue weighted by molar-refractivity contribution is 6.11. The molecule has 30 heavy (non-hydrogen) atoms. The fourth-order valence-corrected chi connectivity index (χ4v) is 2.74. The molecule has 0 unspecified atom stereocenters. The number of anilines is 1. The number of phenolic OH excluding ortho intramolecular Hbond substituents is 1. The number of halogens is 3. The van der Waals surface area contributed by atoms with Gasteiger partial charge < -0.3 is 15.2 Å². The number of carbonyl (C=O) groups excluding carboxylic acids is 2. The third kappa shape index (κ3) is 4.42. The number of ether oxygens (including phenoxy) is 1. The fourth-order valence-electron chi connectivity index (χ4n) is 2.74. The lowest BCUT2D eigenvalue weighted by Gasteiger charge is -2.16. The average Bonchev–Trinajstić information content (AvgIpc) is 2.63. The van der Waals surface area contributed by atoms with Crippen molar-refractivity contribution >= 4 is 23.3 Å². The number of nitrogens with zero attached hydrogens (tertiary/aromatic N) is 1. The standard InChI is InChI=1S/C18H16F3N3O6/c1-8-5-4-6-9(2)13(8)22-17(27)23-16(26)12-10(18(19,20)21)7-11(30-3)15(25)14(12)24(28)29/h4-7,25H,1-3H3,(H2,22,23,26,27). The van der Waals surface area contributed by atoms with Crippen LogP contribution < -0.4 is 15.4 Å². The summed E-state index contributed by atoms with van der Waals surface area (Å²) >= 11 is 0. The van der Waals surface area contributed by atoms with Gasteiger partial charge in [0.05, 0.1) is 17.6 Å². The molecule has 160 valence electrons. The van der Waals surface area contributed by atoms with Gasteiger partial charge in [-0.25, -0.2) is 4.79 Å². The van der Waals surface area contributed by atoms with Crippen molar-refractivity contribution in [2.75, 3.05) is 12.4 Å². The van der Waals surface area contributed by atoms with Crippen LogP contribution >= 0.6 is 0 Å². The van der Waals surface area contributed by atoms with E-state index in [2.05, 4.69) is 10.1 Å². The summed E-state index contributed by atoms with van der Waals surface area (Å²) in [6, 6.07) is 4.03. The first kappa shape index (κ1) is 22.5. The normalized spacial score (nSPS) is 11.0. The molecule has 3 N–H and O–H groups in total.